The van der Waals surface area contributed by atoms with Crippen LogP contribution in [-0.4, -0.2) is 60.6 Å². The monoisotopic (exact) mass is 576 g/mol. The van der Waals surface area contributed by atoms with Gasteiger partial charge in [-0.15, -0.1) is 0 Å². The number of ether oxygens (including phenoxy) is 3. The minimum atomic E-state index is -0.172. The number of thioether (sulfide) groups is 1. The molecular weight excluding hydrogens is 552 g/mol. The van der Waals surface area contributed by atoms with Gasteiger partial charge in [-0.05, 0) is 65.7 Å². The molecule has 2 aromatic rings. The van der Waals surface area contributed by atoms with Crippen LogP contribution < -0.4 is 14.4 Å². The fraction of sp³-hybridized carbons (Fsp3) is 0.320. The highest BCUT2D eigenvalue weighted by Gasteiger charge is 2.33. The molecule has 184 valence electrons. The van der Waals surface area contributed by atoms with Crippen molar-refractivity contribution < 1.29 is 23.8 Å². The summed E-state index contributed by atoms with van der Waals surface area (Å²) in [6.45, 7) is 6.35. The maximum absolute atomic E-state index is 13.1. The normalized spacial score (nSPS) is 17.3. The molecule has 35 heavy (non-hydrogen) atoms. The quantitative estimate of drug-likeness (QED) is 0.346. The van der Waals surface area contributed by atoms with Gasteiger partial charge in [0.2, 0.25) is 0 Å². The van der Waals surface area contributed by atoms with Crippen LogP contribution in [0.4, 0.5) is 5.69 Å². The van der Waals surface area contributed by atoms with E-state index in [0.29, 0.717) is 58.1 Å². The fourth-order valence-electron chi connectivity index (χ4n) is 3.65. The number of aryl methyl sites for hydroxylation is 1. The lowest BCUT2D eigenvalue weighted by atomic mass is 10.1. The molecule has 0 bridgehead atoms. The molecule has 0 saturated carbocycles. The lowest BCUT2D eigenvalue weighted by molar-refractivity contribution is -0.137. The molecule has 2 heterocycles. The Hall–Kier alpha value is -2.40. The second kappa shape index (κ2) is 11.6. The summed E-state index contributed by atoms with van der Waals surface area (Å²) >= 11 is 10.3. The van der Waals surface area contributed by atoms with E-state index in [1.807, 2.05) is 44.2 Å². The Kier molecular flexibility index (Phi) is 8.48. The van der Waals surface area contributed by atoms with Crippen molar-refractivity contribution in [2.24, 2.45) is 0 Å². The van der Waals surface area contributed by atoms with E-state index < -0.39 is 0 Å². The molecule has 2 aliphatic rings. The maximum Gasteiger partial charge on any atom is 0.270 e. The highest BCUT2D eigenvalue weighted by atomic mass is 79.9. The van der Waals surface area contributed by atoms with Gasteiger partial charge in [0.05, 0.1) is 34.9 Å². The molecule has 0 unspecified atom stereocenters. The first kappa shape index (κ1) is 25.7. The largest absolute Gasteiger partial charge is 0.490 e. The Morgan fingerprint density at radius 1 is 1.20 bits per heavy atom. The summed E-state index contributed by atoms with van der Waals surface area (Å²) in [6, 6.07) is 11.3. The molecule has 0 spiro atoms. The number of rotatable bonds is 7. The topological polar surface area (TPSA) is 68.3 Å². The standard InChI is InChI=1S/C25H25BrN2O5S2/c1-3-32-20-13-17(12-19(26)23(20)33-15-22(29)27-8-10-31-11-9-27)14-21-24(30)28(25(34)35-21)18-6-4-16(2)5-7-18/h4-7,12-14H,3,8-11,15H2,1-2H3/b21-14-. The zero-order valence-corrected chi connectivity index (χ0v) is 22.6. The number of morpholine rings is 1. The van der Waals surface area contributed by atoms with Crippen molar-refractivity contribution in [3.8, 4) is 11.5 Å². The molecule has 2 amide bonds. The minimum absolute atomic E-state index is 0.104. The van der Waals surface area contributed by atoms with Crippen molar-refractivity contribution in [1.82, 2.24) is 4.90 Å². The van der Waals surface area contributed by atoms with E-state index in [1.165, 1.54) is 11.8 Å². The van der Waals surface area contributed by atoms with Crippen molar-refractivity contribution >= 4 is 67.8 Å². The van der Waals surface area contributed by atoms with Crippen molar-refractivity contribution in [3.05, 3.63) is 56.9 Å². The average Bonchev–Trinajstić information content (AvgIpc) is 3.12. The van der Waals surface area contributed by atoms with Gasteiger partial charge in [0.1, 0.15) is 0 Å². The van der Waals surface area contributed by atoms with Crippen molar-refractivity contribution in [1.29, 1.82) is 0 Å². The number of carbonyl (C=O) groups is 2. The summed E-state index contributed by atoms with van der Waals surface area (Å²) in [5, 5.41) is 0. The third-order valence-corrected chi connectivity index (χ3v) is 7.31. The van der Waals surface area contributed by atoms with Gasteiger partial charge < -0.3 is 19.1 Å². The van der Waals surface area contributed by atoms with Crippen LogP contribution in [0.1, 0.15) is 18.1 Å². The van der Waals surface area contributed by atoms with Crippen molar-refractivity contribution in [3.63, 3.8) is 0 Å². The number of hydrogen-bond acceptors (Lipinski definition) is 7. The fourth-order valence-corrected chi connectivity index (χ4v) is 5.52. The second-order valence-electron chi connectivity index (χ2n) is 7.90. The number of carbonyl (C=O) groups excluding carboxylic acids is 2. The van der Waals surface area contributed by atoms with E-state index in [-0.39, 0.29) is 18.4 Å². The molecule has 0 aromatic heterocycles. The van der Waals surface area contributed by atoms with Gasteiger partial charge in [-0.2, -0.15) is 0 Å². The van der Waals surface area contributed by atoms with Crippen molar-refractivity contribution in [2.45, 2.75) is 13.8 Å². The van der Waals surface area contributed by atoms with Crippen LogP contribution in [-0.2, 0) is 14.3 Å². The Labute approximate surface area is 222 Å². The van der Waals surface area contributed by atoms with Gasteiger partial charge >= 0.3 is 0 Å². The van der Waals surface area contributed by atoms with Crippen molar-refractivity contribution in [2.75, 3.05) is 44.4 Å². The molecule has 7 nitrogen and oxygen atoms in total. The maximum atomic E-state index is 13.1. The molecule has 10 heteroatoms. The predicted molar refractivity (Wildman–Crippen MR) is 145 cm³/mol. The average molecular weight is 578 g/mol. The van der Waals surface area contributed by atoms with E-state index in [0.717, 1.165) is 16.8 Å². The van der Waals surface area contributed by atoms with Crippen LogP contribution in [0, 0.1) is 6.92 Å². The van der Waals surface area contributed by atoms with Gasteiger partial charge in [-0.3, -0.25) is 14.5 Å². The molecule has 2 aliphatic heterocycles. The molecule has 2 fully saturated rings. The summed E-state index contributed by atoms with van der Waals surface area (Å²) in [6.07, 6.45) is 1.78. The number of halogens is 1. The van der Waals surface area contributed by atoms with Crippen LogP contribution in [0.5, 0.6) is 11.5 Å². The number of nitrogens with zero attached hydrogens (tertiary/aromatic N) is 2. The molecule has 0 N–H and O–H groups in total. The van der Waals surface area contributed by atoms with E-state index in [9.17, 15) is 9.59 Å². The van der Waals surface area contributed by atoms with Crippen LogP contribution in [0.3, 0.4) is 0 Å². The van der Waals surface area contributed by atoms with E-state index in [4.69, 9.17) is 26.4 Å². The highest BCUT2D eigenvalue weighted by molar-refractivity contribution is 9.10. The first-order chi connectivity index (χ1) is 16.9. The van der Waals surface area contributed by atoms with Gasteiger partial charge in [-0.1, -0.05) is 41.7 Å². The number of hydrogen-bond donors (Lipinski definition) is 0. The zero-order chi connectivity index (χ0) is 24.9. The van der Waals surface area contributed by atoms with Gasteiger partial charge in [-0.25, -0.2) is 0 Å². The lowest BCUT2D eigenvalue weighted by Crippen LogP contribution is -2.43. The van der Waals surface area contributed by atoms with Gasteiger partial charge in [0.25, 0.3) is 11.8 Å². The van der Waals surface area contributed by atoms with Crippen LogP contribution in [0.2, 0.25) is 0 Å². The number of thiocarbonyl (C=S) groups is 1. The first-order valence-electron chi connectivity index (χ1n) is 11.2. The van der Waals surface area contributed by atoms with Crippen LogP contribution in [0.15, 0.2) is 45.8 Å². The predicted octanol–water partition coefficient (Wildman–Crippen LogP) is 4.80. The SMILES string of the molecule is CCOc1cc(/C=C2\SC(=S)N(c3ccc(C)cc3)C2=O)cc(Br)c1OCC(=O)N1CCOCC1. The van der Waals surface area contributed by atoms with E-state index in [2.05, 4.69) is 15.9 Å². The summed E-state index contributed by atoms with van der Waals surface area (Å²) in [5.41, 5.74) is 2.60. The number of anilines is 1. The van der Waals surface area contributed by atoms with Crippen LogP contribution >= 0.6 is 39.9 Å². The minimum Gasteiger partial charge on any atom is -0.490 e. The Morgan fingerprint density at radius 3 is 2.60 bits per heavy atom. The molecule has 4 rings (SSSR count). The smallest absolute Gasteiger partial charge is 0.270 e. The summed E-state index contributed by atoms with van der Waals surface area (Å²) < 4.78 is 18.1. The number of benzene rings is 2. The Balaban J connectivity index is 1.54. The molecular formula is C25H25BrN2O5S2. The third-order valence-electron chi connectivity index (χ3n) is 5.42. The molecule has 2 aromatic carbocycles. The highest BCUT2D eigenvalue weighted by Crippen LogP contribution is 2.40. The lowest BCUT2D eigenvalue weighted by Gasteiger charge is -2.27. The second-order valence-corrected chi connectivity index (χ2v) is 10.4. The summed E-state index contributed by atoms with van der Waals surface area (Å²) in [4.78, 5) is 29.4. The van der Waals surface area contributed by atoms with Crippen LogP contribution in [0.25, 0.3) is 6.08 Å². The van der Waals surface area contributed by atoms with E-state index >= 15 is 0 Å². The van der Waals surface area contributed by atoms with E-state index in [1.54, 1.807) is 21.9 Å². The third kappa shape index (κ3) is 6.06. The molecule has 0 radical (unpaired) electrons. The summed E-state index contributed by atoms with van der Waals surface area (Å²) in [5.74, 6) is 0.649. The van der Waals surface area contributed by atoms with Gasteiger partial charge in [0.15, 0.2) is 22.4 Å². The number of amides is 2. The summed E-state index contributed by atoms with van der Waals surface area (Å²) in [7, 11) is 0. The Bertz CT molecular complexity index is 1160. The molecule has 0 aliphatic carbocycles. The molecule has 0 atom stereocenters. The zero-order valence-electron chi connectivity index (χ0n) is 19.4. The Morgan fingerprint density at radius 2 is 1.91 bits per heavy atom. The molecule has 2 saturated heterocycles. The first-order valence-corrected chi connectivity index (χ1v) is 13.2. The van der Waals surface area contributed by atoms with Gasteiger partial charge in [0, 0.05) is 13.1 Å².